The number of carbonyl (C=O) groups excluding carboxylic acids is 1. The Hall–Kier alpha value is -1.40. The van der Waals surface area contributed by atoms with Gasteiger partial charge in [0.2, 0.25) is 0 Å². The average molecular weight is 212 g/mol. The van der Waals surface area contributed by atoms with E-state index in [0.717, 1.165) is 0 Å². The fourth-order valence-electron chi connectivity index (χ4n) is 1.06. The van der Waals surface area contributed by atoms with Crippen LogP contribution >= 0.6 is 0 Å². The van der Waals surface area contributed by atoms with Crippen LogP contribution in [-0.4, -0.2) is 39.9 Å². The lowest BCUT2D eigenvalue weighted by Gasteiger charge is -2.14. The zero-order valence-electron chi connectivity index (χ0n) is 8.82. The van der Waals surface area contributed by atoms with Gasteiger partial charge in [0.15, 0.2) is 0 Å². The zero-order valence-corrected chi connectivity index (χ0v) is 8.82. The molecule has 0 saturated heterocycles. The van der Waals surface area contributed by atoms with Crippen LogP contribution in [0.1, 0.15) is 23.0 Å². The molecule has 5 N–H and O–H groups in total. The summed E-state index contributed by atoms with van der Waals surface area (Å²) in [6, 6.07) is -0.457. The smallest absolute Gasteiger partial charge is 0.254 e. The number of amides is 1. The van der Waals surface area contributed by atoms with Crippen molar-refractivity contribution in [3.63, 3.8) is 0 Å². The number of hydrogen-bond acceptors (Lipinski definition) is 4. The molecule has 2 unspecified atom stereocenters. The number of rotatable bonds is 4. The number of aromatic amines is 1. The van der Waals surface area contributed by atoms with Gasteiger partial charge in [0.1, 0.15) is 0 Å². The lowest BCUT2D eigenvalue weighted by Crippen LogP contribution is -2.43. The molecule has 0 fully saturated rings. The highest BCUT2D eigenvalue weighted by Crippen LogP contribution is 2.01. The third-order valence-corrected chi connectivity index (χ3v) is 2.19. The third kappa shape index (κ3) is 3.03. The summed E-state index contributed by atoms with van der Waals surface area (Å²) in [5, 5.41) is 18.2. The van der Waals surface area contributed by atoms with Crippen LogP contribution in [-0.2, 0) is 0 Å². The first kappa shape index (κ1) is 11.7. The van der Waals surface area contributed by atoms with Gasteiger partial charge in [-0.05, 0) is 13.8 Å². The van der Waals surface area contributed by atoms with E-state index >= 15 is 0 Å². The van der Waals surface area contributed by atoms with Gasteiger partial charge in [-0.3, -0.25) is 9.89 Å². The van der Waals surface area contributed by atoms with Crippen molar-refractivity contribution in [3.05, 3.63) is 17.5 Å². The Morgan fingerprint density at radius 2 is 2.47 bits per heavy atom. The van der Waals surface area contributed by atoms with Gasteiger partial charge >= 0.3 is 0 Å². The molecule has 0 saturated carbocycles. The van der Waals surface area contributed by atoms with E-state index in [9.17, 15) is 4.79 Å². The highest BCUT2D eigenvalue weighted by atomic mass is 16.3. The van der Waals surface area contributed by atoms with E-state index in [-0.39, 0.29) is 12.5 Å². The Morgan fingerprint density at radius 3 is 2.93 bits per heavy atom. The van der Waals surface area contributed by atoms with Crippen LogP contribution in [0.15, 0.2) is 6.20 Å². The molecule has 2 atom stereocenters. The molecule has 1 rings (SSSR count). The van der Waals surface area contributed by atoms with Crippen LogP contribution in [0, 0.1) is 6.92 Å². The number of nitrogens with zero attached hydrogens (tertiary/aromatic N) is 1. The van der Waals surface area contributed by atoms with Crippen molar-refractivity contribution in [1.82, 2.24) is 15.5 Å². The fraction of sp³-hybridized carbons (Fsp3) is 0.556. The van der Waals surface area contributed by atoms with Crippen molar-refractivity contribution in [2.24, 2.45) is 5.73 Å². The van der Waals surface area contributed by atoms with Crippen LogP contribution in [0.4, 0.5) is 0 Å². The van der Waals surface area contributed by atoms with Crippen LogP contribution < -0.4 is 11.1 Å². The molecule has 84 valence electrons. The summed E-state index contributed by atoms with van der Waals surface area (Å²) in [6.07, 6.45) is 0.814. The first-order chi connectivity index (χ1) is 7.02. The van der Waals surface area contributed by atoms with E-state index in [1.165, 1.54) is 6.20 Å². The molecule has 1 aromatic rings. The van der Waals surface area contributed by atoms with Crippen molar-refractivity contribution in [1.29, 1.82) is 0 Å². The van der Waals surface area contributed by atoms with Crippen LogP contribution in [0.3, 0.4) is 0 Å². The van der Waals surface area contributed by atoms with Crippen molar-refractivity contribution >= 4 is 5.91 Å². The topological polar surface area (TPSA) is 104 Å². The summed E-state index contributed by atoms with van der Waals surface area (Å²) in [5.74, 6) is -0.239. The highest BCUT2D eigenvalue weighted by Gasteiger charge is 2.14. The van der Waals surface area contributed by atoms with Gasteiger partial charge < -0.3 is 16.2 Å². The van der Waals surface area contributed by atoms with Crippen LogP contribution in [0.5, 0.6) is 0 Å². The van der Waals surface area contributed by atoms with Crippen molar-refractivity contribution in [3.8, 4) is 0 Å². The van der Waals surface area contributed by atoms with Gasteiger partial charge in [0, 0.05) is 18.3 Å². The number of aromatic nitrogens is 2. The first-order valence-corrected chi connectivity index (χ1v) is 4.74. The SMILES string of the molecule is Cc1[nH]ncc1C(=O)NCC(N)C(C)O. The summed E-state index contributed by atoms with van der Waals surface area (Å²) in [6.45, 7) is 3.58. The Balaban J connectivity index is 2.47. The molecule has 15 heavy (non-hydrogen) atoms. The number of aryl methyl sites for hydroxylation is 1. The molecule has 1 heterocycles. The lowest BCUT2D eigenvalue weighted by atomic mass is 10.2. The van der Waals surface area contributed by atoms with E-state index in [2.05, 4.69) is 15.5 Å². The second kappa shape index (κ2) is 4.90. The average Bonchev–Trinajstić information content (AvgIpc) is 2.60. The molecule has 0 aromatic carbocycles. The lowest BCUT2D eigenvalue weighted by molar-refractivity contribution is 0.0937. The Labute approximate surface area is 87.9 Å². The van der Waals surface area contributed by atoms with Gasteiger partial charge in [-0.15, -0.1) is 0 Å². The predicted octanol–water partition coefficient (Wildman–Crippen LogP) is -0.844. The van der Waals surface area contributed by atoms with E-state index < -0.39 is 12.1 Å². The van der Waals surface area contributed by atoms with Crippen molar-refractivity contribution in [2.45, 2.75) is 26.0 Å². The number of nitrogens with two attached hydrogens (primary N) is 1. The maximum atomic E-state index is 11.5. The zero-order chi connectivity index (χ0) is 11.4. The summed E-state index contributed by atoms with van der Waals surface area (Å²) in [4.78, 5) is 11.5. The molecule has 0 aliphatic rings. The minimum Gasteiger partial charge on any atom is -0.392 e. The van der Waals surface area contributed by atoms with Gasteiger partial charge in [0.25, 0.3) is 5.91 Å². The molecular formula is C9H16N4O2. The van der Waals surface area contributed by atoms with Crippen molar-refractivity contribution in [2.75, 3.05) is 6.54 Å². The molecule has 0 spiro atoms. The van der Waals surface area contributed by atoms with E-state index in [1.807, 2.05) is 0 Å². The normalized spacial score (nSPS) is 14.7. The minimum atomic E-state index is -0.643. The fourth-order valence-corrected chi connectivity index (χ4v) is 1.06. The molecule has 0 radical (unpaired) electrons. The van der Waals surface area contributed by atoms with E-state index in [4.69, 9.17) is 10.8 Å². The van der Waals surface area contributed by atoms with E-state index in [0.29, 0.717) is 11.3 Å². The first-order valence-electron chi connectivity index (χ1n) is 4.74. The molecule has 1 aromatic heterocycles. The summed E-state index contributed by atoms with van der Waals surface area (Å²) in [5.41, 5.74) is 6.77. The maximum absolute atomic E-state index is 11.5. The van der Waals surface area contributed by atoms with Crippen LogP contribution in [0.2, 0.25) is 0 Å². The molecule has 6 heteroatoms. The number of aliphatic hydroxyl groups excluding tert-OH is 1. The molecular weight excluding hydrogens is 196 g/mol. The number of nitrogens with one attached hydrogen (secondary N) is 2. The number of hydrogen-bond donors (Lipinski definition) is 4. The largest absolute Gasteiger partial charge is 0.392 e. The second-order valence-electron chi connectivity index (χ2n) is 3.52. The van der Waals surface area contributed by atoms with Crippen molar-refractivity contribution < 1.29 is 9.90 Å². The summed E-state index contributed by atoms with van der Waals surface area (Å²) < 4.78 is 0. The number of aliphatic hydroxyl groups is 1. The van der Waals surface area contributed by atoms with Gasteiger partial charge in [0.05, 0.1) is 17.9 Å². The summed E-state index contributed by atoms with van der Waals surface area (Å²) in [7, 11) is 0. The predicted molar refractivity (Wildman–Crippen MR) is 55.3 cm³/mol. The summed E-state index contributed by atoms with van der Waals surface area (Å²) >= 11 is 0. The molecule has 6 nitrogen and oxygen atoms in total. The number of carbonyl (C=O) groups is 1. The van der Waals surface area contributed by atoms with Gasteiger partial charge in [-0.1, -0.05) is 0 Å². The Bertz CT molecular complexity index is 335. The maximum Gasteiger partial charge on any atom is 0.254 e. The second-order valence-corrected chi connectivity index (χ2v) is 3.52. The quantitative estimate of drug-likeness (QED) is 0.522. The molecule has 1 amide bonds. The third-order valence-electron chi connectivity index (χ3n) is 2.19. The van der Waals surface area contributed by atoms with E-state index in [1.54, 1.807) is 13.8 Å². The standard InChI is InChI=1S/C9H16N4O2/c1-5-7(3-12-13-5)9(15)11-4-8(10)6(2)14/h3,6,8,14H,4,10H2,1-2H3,(H,11,15)(H,12,13). The Morgan fingerprint density at radius 1 is 1.80 bits per heavy atom. The Kier molecular flexibility index (Phi) is 3.81. The number of H-pyrrole nitrogens is 1. The van der Waals surface area contributed by atoms with Gasteiger partial charge in [-0.25, -0.2) is 0 Å². The molecule has 0 aliphatic carbocycles. The van der Waals surface area contributed by atoms with Gasteiger partial charge in [-0.2, -0.15) is 5.10 Å². The molecule has 0 bridgehead atoms. The molecule has 0 aliphatic heterocycles. The van der Waals surface area contributed by atoms with Crippen LogP contribution in [0.25, 0.3) is 0 Å². The minimum absolute atomic E-state index is 0.237. The highest BCUT2D eigenvalue weighted by molar-refractivity contribution is 5.94. The monoisotopic (exact) mass is 212 g/mol.